The molecule has 0 spiro atoms. The van der Waals surface area contributed by atoms with E-state index in [1.807, 2.05) is 47.2 Å². The molecule has 0 radical (unpaired) electrons. The Bertz CT molecular complexity index is 1300. The lowest BCUT2D eigenvalue weighted by molar-refractivity contribution is 0.306. The molecule has 0 bridgehead atoms. The monoisotopic (exact) mass is 368 g/mol. The molecule has 0 aliphatic rings. The Morgan fingerprint density at radius 1 is 0.929 bits per heavy atom. The standard InChI is InChI=1S/C21H16N6O/c22-20-4-2-15-1-3-18(8-19(15)26-20)28-12-14-7-17(11-23-9-14)27-6-5-16-10-24-13-25-21(16)27/h1-11,13H,12H2,(H2,22,26). The molecule has 7 nitrogen and oxygen atoms in total. The minimum Gasteiger partial charge on any atom is -0.489 e. The second-order valence-electron chi connectivity index (χ2n) is 6.42. The number of benzene rings is 1. The number of hydrogen-bond donors (Lipinski definition) is 1. The number of fused-ring (bicyclic) bond motifs is 2. The zero-order valence-electron chi connectivity index (χ0n) is 14.9. The molecule has 136 valence electrons. The van der Waals surface area contributed by atoms with Gasteiger partial charge in [0.2, 0.25) is 0 Å². The van der Waals surface area contributed by atoms with Gasteiger partial charge >= 0.3 is 0 Å². The van der Waals surface area contributed by atoms with Crippen LogP contribution in [-0.4, -0.2) is 24.5 Å². The minimum absolute atomic E-state index is 0.392. The maximum atomic E-state index is 5.94. The summed E-state index contributed by atoms with van der Waals surface area (Å²) in [4.78, 5) is 17.1. The summed E-state index contributed by atoms with van der Waals surface area (Å²) in [6.45, 7) is 0.392. The van der Waals surface area contributed by atoms with Crippen LogP contribution in [0.15, 0.2) is 73.6 Å². The zero-order chi connectivity index (χ0) is 18.9. The van der Waals surface area contributed by atoms with Crippen LogP contribution in [0, 0.1) is 0 Å². The molecule has 2 N–H and O–H groups in total. The smallest absolute Gasteiger partial charge is 0.147 e. The number of nitrogen functional groups attached to an aromatic ring is 1. The van der Waals surface area contributed by atoms with Gasteiger partial charge in [0.05, 0.1) is 17.4 Å². The number of aromatic nitrogens is 5. The first kappa shape index (κ1) is 16.2. The molecule has 0 unspecified atom stereocenters. The lowest BCUT2D eigenvalue weighted by atomic mass is 10.2. The summed E-state index contributed by atoms with van der Waals surface area (Å²) < 4.78 is 7.93. The molecule has 0 aliphatic carbocycles. The van der Waals surface area contributed by atoms with E-state index in [2.05, 4.69) is 19.9 Å². The summed E-state index contributed by atoms with van der Waals surface area (Å²) in [7, 11) is 0. The quantitative estimate of drug-likeness (QED) is 0.522. The molecule has 7 heteroatoms. The molecule has 0 saturated heterocycles. The molecule has 1 aromatic carbocycles. The number of pyridine rings is 2. The van der Waals surface area contributed by atoms with Crippen LogP contribution in [0.2, 0.25) is 0 Å². The van der Waals surface area contributed by atoms with Gasteiger partial charge in [-0.2, -0.15) is 0 Å². The second-order valence-corrected chi connectivity index (χ2v) is 6.42. The predicted molar refractivity (Wildman–Crippen MR) is 107 cm³/mol. The first-order valence-corrected chi connectivity index (χ1v) is 8.77. The Morgan fingerprint density at radius 2 is 1.86 bits per heavy atom. The molecular formula is C21H16N6O. The summed E-state index contributed by atoms with van der Waals surface area (Å²) in [5.41, 5.74) is 9.29. The molecule has 28 heavy (non-hydrogen) atoms. The van der Waals surface area contributed by atoms with Gasteiger partial charge < -0.3 is 10.5 Å². The van der Waals surface area contributed by atoms with Crippen molar-refractivity contribution < 1.29 is 4.74 Å². The Balaban J connectivity index is 1.40. The van der Waals surface area contributed by atoms with Crippen molar-refractivity contribution in [3.63, 3.8) is 0 Å². The lowest BCUT2D eigenvalue weighted by Gasteiger charge is -2.09. The molecule has 0 saturated carbocycles. The largest absolute Gasteiger partial charge is 0.489 e. The predicted octanol–water partition coefficient (Wildman–Crippen LogP) is 3.52. The van der Waals surface area contributed by atoms with Gasteiger partial charge in [-0.05, 0) is 36.4 Å². The Hall–Kier alpha value is -4.00. The van der Waals surface area contributed by atoms with Crippen LogP contribution in [0.25, 0.3) is 27.6 Å². The van der Waals surface area contributed by atoms with E-state index in [1.165, 1.54) is 0 Å². The number of hydrogen-bond acceptors (Lipinski definition) is 6. The third-order valence-corrected chi connectivity index (χ3v) is 4.50. The van der Waals surface area contributed by atoms with Crippen LogP contribution in [0.5, 0.6) is 5.75 Å². The fourth-order valence-corrected chi connectivity index (χ4v) is 3.14. The number of ether oxygens (including phenoxy) is 1. The van der Waals surface area contributed by atoms with E-state index in [1.54, 1.807) is 31.0 Å². The Kier molecular flexibility index (Phi) is 3.83. The highest BCUT2D eigenvalue weighted by Gasteiger charge is 2.06. The van der Waals surface area contributed by atoms with Crippen molar-refractivity contribution >= 4 is 27.8 Å². The first-order chi connectivity index (χ1) is 13.8. The molecule has 5 rings (SSSR count). The van der Waals surface area contributed by atoms with E-state index in [0.29, 0.717) is 12.4 Å². The molecular weight excluding hydrogens is 352 g/mol. The van der Waals surface area contributed by atoms with Crippen LogP contribution >= 0.6 is 0 Å². The van der Waals surface area contributed by atoms with Gasteiger partial charge in [0.25, 0.3) is 0 Å². The second kappa shape index (κ2) is 6.62. The summed E-state index contributed by atoms with van der Waals surface area (Å²) in [5.74, 6) is 1.22. The third kappa shape index (κ3) is 2.99. The van der Waals surface area contributed by atoms with Gasteiger partial charge in [-0.1, -0.05) is 0 Å². The van der Waals surface area contributed by atoms with Crippen LogP contribution in [0.4, 0.5) is 5.82 Å². The minimum atomic E-state index is 0.392. The average molecular weight is 368 g/mol. The van der Waals surface area contributed by atoms with Crippen molar-refractivity contribution in [2.24, 2.45) is 0 Å². The van der Waals surface area contributed by atoms with Crippen molar-refractivity contribution in [1.82, 2.24) is 24.5 Å². The van der Waals surface area contributed by atoms with Crippen LogP contribution in [0.1, 0.15) is 5.56 Å². The number of rotatable bonds is 4. The van der Waals surface area contributed by atoms with Gasteiger partial charge in [0, 0.05) is 41.0 Å². The van der Waals surface area contributed by atoms with Crippen molar-refractivity contribution in [3.8, 4) is 11.4 Å². The normalized spacial score (nSPS) is 11.1. The summed E-state index contributed by atoms with van der Waals surface area (Å²) >= 11 is 0. The van der Waals surface area contributed by atoms with E-state index in [4.69, 9.17) is 10.5 Å². The van der Waals surface area contributed by atoms with Gasteiger partial charge in [0.15, 0.2) is 0 Å². The Labute approximate surface area is 160 Å². The van der Waals surface area contributed by atoms with Crippen molar-refractivity contribution in [2.75, 3.05) is 5.73 Å². The molecule has 0 amide bonds. The third-order valence-electron chi connectivity index (χ3n) is 4.50. The topological polar surface area (TPSA) is 91.7 Å². The summed E-state index contributed by atoms with van der Waals surface area (Å²) in [5, 5.41) is 2.00. The van der Waals surface area contributed by atoms with Crippen molar-refractivity contribution in [3.05, 3.63) is 79.1 Å². The molecule has 5 aromatic rings. The van der Waals surface area contributed by atoms with Crippen LogP contribution in [-0.2, 0) is 6.61 Å². The van der Waals surface area contributed by atoms with E-state index >= 15 is 0 Å². The van der Waals surface area contributed by atoms with Gasteiger partial charge in [-0.15, -0.1) is 0 Å². The molecule has 0 aliphatic heterocycles. The van der Waals surface area contributed by atoms with Gasteiger partial charge in [0.1, 0.15) is 30.1 Å². The van der Waals surface area contributed by atoms with E-state index in [0.717, 1.165) is 38.9 Å². The Morgan fingerprint density at radius 3 is 2.82 bits per heavy atom. The van der Waals surface area contributed by atoms with Crippen LogP contribution < -0.4 is 10.5 Å². The van der Waals surface area contributed by atoms with Gasteiger partial charge in [-0.25, -0.2) is 15.0 Å². The SMILES string of the molecule is Nc1ccc2ccc(OCc3cncc(-n4ccc5cncnc54)c3)cc2n1. The maximum absolute atomic E-state index is 5.94. The van der Waals surface area contributed by atoms with Gasteiger partial charge in [-0.3, -0.25) is 9.55 Å². The maximum Gasteiger partial charge on any atom is 0.147 e. The first-order valence-electron chi connectivity index (χ1n) is 8.77. The van der Waals surface area contributed by atoms with E-state index in [-0.39, 0.29) is 0 Å². The molecule has 0 atom stereocenters. The van der Waals surface area contributed by atoms with Crippen molar-refractivity contribution in [2.45, 2.75) is 6.61 Å². The molecule has 0 fully saturated rings. The highest BCUT2D eigenvalue weighted by Crippen LogP contribution is 2.22. The summed E-state index contributed by atoms with van der Waals surface area (Å²) in [6, 6.07) is 13.5. The highest BCUT2D eigenvalue weighted by molar-refractivity contribution is 5.81. The fraction of sp³-hybridized carbons (Fsp3) is 0.0476. The zero-order valence-corrected chi connectivity index (χ0v) is 14.9. The lowest BCUT2D eigenvalue weighted by Crippen LogP contribution is -2.00. The molecule has 4 heterocycles. The van der Waals surface area contributed by atoms with Crippen molar-refractivity contribution in [1.29, 1.82) is 0 Å². The number of anilines is 1. The van der Waals surface area contributed by atoms with E-state index in [9.17, 15) is 0 Å². The van der Waals surface area contributed by atoms with E-state index < -0.39 is 0 Å². The fourth-order valence-electron chi connectivity index (χ4n) is 3.14. The number of nitrogens with two attached hydrogens (primary N) is 1. The molecule has 4 aromatic heterocycles. The number of nitrogens with zero attached hydrogens (tertiary/aromatic N) is 5. The van der Waals surface area contributed by atoms with Crippen LogP contribution in [0.3, 0.4) is 0 Å². The summed E-state index contributed by atoms with van der Waals surface area (Å²) in [6.07, 6.45) is 8.88. The average Bonchev–Trinajstić information content (AvgIpc) is 3.16. The highest BCUT2D eigenvalue weighted by atomic mass is 16.5.